The molecular weight excluding hydrogens is 483 g/mol. The monoisotopic (exact) mass is 520 g/mol. The van der Waals surface area contributed by atoms with Crippen molar-refractivity contribution in [1.29, 1.82) is 0 Å². The van der Waals surface area contributed by atoms with Gasteiger partial charge < -0.3 is 19.7 Å². The summed E-state index contributed by atoms with van der Waals surface area (Å²) in [6.07, 6.45) is 4.30. The molecule has 0 aliphatic carbocycles. The number of guanidine groups is 1. The predicted molar refractivity (Wildman–Crippen MR) is 120 cm³/mol. The molecule has 0 spiro atoms. The first kappa shape index (κ1) is 26.8. The lowest BCUT2D eigenvalue weighted by molar-refractivity contribution is 0.00989. The Morgan fingerprint density at radius 2 is 1.89 bits per heavy atom. The van der Waals surface area contributed by atoms with Crippen molar-refractivity contribution in [3.63, 3.8) is 0 Å². The van der Waals surface area contributed by atoms with E-state index in [1.165, 1.54) is 6.26 Å². The predicted octanol–water partition coefficient (Wildman–Crippen LogP) is 1.42. The average Bonchev–Trinajstić information content (AvgIpc) is 2.54. The molecule has 2 N–H and O–H groups in total. The van der Waals surface area contributed by atoms with Crippen LogP contribution in [0.5, 0.6) is 0 Å². The van der Waals surface area contributed by atoms with Gasteiger partial charge in [-0.1, -0.05) is 0 Å². The van der Waals surface area contributed by atoms with Crippen molar-refractivity contribution >= 4 is 40.0 Å². The Hall–Kier alpha value is -0.170. The number of halogens is 1. The molecule has 0 saturated carbocycles. The third kappa shape index (κ3) is 12.1. The van der Waals surface area contributed by atoms with E-state index in [2.05, 4.69) is 19.9 Å². The summed E-state index contributed by atoms with van der Waals surface area (Å²) >= 11 is 0. The van der Waals surface area contributed by atoms with Gasteiger partial charge >= 0.3 is 0 Å². The summed E-state index contributed by atoms with van der Waals surface area (Å²) in [6.45, 7) is 10.1. The number of piperidine rings is 1. The van der Waals surface area contributed by atoms with Crippen LogP contribution in [0.4, 0.5) is 0 Å². The minimum Gasteiger partial charge on any atom is -0.385 e. The van der Waals surface area contributed by atoms with Crippen LogP contribution in [0.1, 0.15) is 40.0 Å². The fraction of sp³-hybridized carbons (Fsp3) is 0.941. The molecule has 0 aromatic heterocycles. The number of hydrogen-bond donors (Lipinski definition) is 2. The summed E-state index contributed by atoms with van der Waals surface area (Å²) in [4.78, 5) is 6.87. The van der Waals surface area contributed by atoms with Gasteiger partial charge in [0.15, 0.2) is 5.96 Å². The Balaban J connectivity index is 0.00000676. The highest BCUT2D eigenvalue weighted by molar-refractivity contribution is 14.0. The van der Waals surface area contributed by atoms with Crippen LogP contribution in [0.2, 0.25) is 0 Å². The van der Waals surface area contributed by atoms with Crippen molar-refractivity contribution in [2.75, 3.05) is 52.8 Å². The largest absolute Gasteiger partial charge is 0.385 e. The van der Waals surface area contributed by atoms with E-state index in [4.69, 9.17) is 9.47 Å². The standard InChI is InChI=1S/C17H36N4O4S.HI/c1-6-18-16(19-14-17(2,3)20-26(5,22)23)21-10-8-15(9-11-21)25-13-7-12-24-4;/h15,20H,6-14H2,1-5H3,(H,18,19);1H. The molecule has 162 valence electrons. The molecule has 0 atom stereocenters. The maximum absolute atomic E-state index is 11.5. The van der Waals surface area contributed by atoms with Gasteiger partial charge in [0.25, 0.3) is 0 Å². The third-order valence-corrected chi connectivity index (χ3v) is 4.93. The molecule has 1 saturated heterocycles. The molecule has 10 heteroatoms. The first-order valence-electron chi connectivity index (χ1n) is 9.29. The number of nitrogens with one attached hydrogen (secondary N) is 2. The number of nitrogens with zero attached hydrogens (tertiary/aromatic N) is 2. The second-order valence-corrected chi connectivity index (χ2v) is 9.08. The molecule has 1 aliphatic rings. The van der Waals surface area contributed by atoms with Crippen molar-refractivity contribution in [2.45, 2.75) is 51.7 Å². The Bertz CT molecular complexity index is 535. The van der Waals surface area contributed by atoms with Crippen molar-refractivity contribution in [2.24, 2.45) is 4.99 Å². The van der Waals surface area contributed by atoms with Gasteiger partial charge in [0.1, 0.15) is 0 Å². The highest BCUT2D eigenvalue weighted by atomic mass is 127. The van der Waals surface area contributed by atoms with E-state index in [1.807, 2.05) is 20.8 Å². The maximum atomic E-state index is 11.5. The molecule has 0 aromatic carbocycles. The fourth-order valence-electron chi connectivity index (χ4n) is 2.92. The molecule has 0 bridgehead atoms. The van der Waals surface area contributed by atoms with E-state index in [0.717, 1.165) is 58.1 Å². The molecule has 0 unspecified atom stereocenters. The quantitative estimate of drug-likeness (QED) is 0.196. The molecule has 8 nitrogen and oxygen atoms in total. The number of hydrogen-bond acceptors (Lipinski definition) is 5. The molecule has 0 aromatic rings. The minimum absolute atomic E-state index is 0. The summed E-state index contributed by atoms with van der Waals surface area (Å²) in [5.74, 6) is 0.828. The maximum Gasteiger partial charge on any atom is 0.209 e. The SMILES string of the molecule is CCNC(=NCC(C)(C)NS(C)(=O)=O)N1CCC(OCCCOC)CC1.I. The number of ether oxygens (including phenoxy) is 2. The van der Waals surface area contributed by atoms with Gasteiger partial charge in [0.05, 0.1) is 18.9 Å². The van der Waals surface area contributed by atoms with Crippen LogP contribution >= 0.6 is 24.0 Å². The highest BCUT2D eigenvalue weighted by Gasteiger charge is 2.25. The van der Waals surface area contributed by atoms with Gasteiger partial charge in [-0.3, -0.25) is 4.99 Å². The normalized spacial score (nSPS) is 16.9. The van der Waals surface area contributed by atoms with Crippen molar-refractivity contribution < 1.29 is 17.9 Å². The van der Waals surface area contributed by atoms with Gasteiger partial charge in [0, 0.05) is 45.5 Å². The molecule has 1 fully saturated rings. The second-order valence-electron chi connectivity index (χ2n) is 7.33. The second kappa shape index (κ2) is 13.1. The van der Waals surface area contributed by atoms with Crippen LogP contribution < -0.4 is 10.0 Å². The van der Waals surface area contributed by atoms with Crippen molar-refractivity contribution in [3.05, 3.63) is 0 Å². The lowest BCUT2D eigenvalue weighted by atomic mass is 10.1. The van der Waals surface area contributed by atoms with E-state index in [-0.39, 0.29) is 30.1 Å². The first-order chi connectivity index (χ1) is 12.2. The zero-order valence-electron chi connectivity index (χ0n) is 17.3. The number of aliphatic imine (C=N–C) groups is 1. The molecule has 0 amide bonds. The Morgan fingerprint density at radius 1 is 1.26 bits per heavy atom. The smallest absolute Gasteiger partial charge is 0.209 e. The molecule has 0 radical (unpaired) electrons. The summed E-state index contributed by atoms with van der Waals surface area (Å²) in [6, 6.07) is 0. The van der Waals surface area contributed by atoms with Crippen molar-refractivity contribution in [3.8, 4) is 0 Å². The highest BCUT2D eigenvalue weighted by Crippen LogP contribution is 2.15. The third-order valence-electron chi connectivity index (χ3n) is 4.01. The van der Waals surface area contributed by atoms with Crippen LogP contribution in [-0.2, 0) is 19.5 Å². The zero-order chi connectivity index (χ0) is 19.6. The van der Waals surface area contributed by atoms with Gasteiger partial charge in [-0.2, -0.15) is 0 Å². The van der Waals surface area contributed by atoms with Crippen LogP contribution in [-0.4, -0.2) is 83.7 Å². The van der Waals surface area contributed by atoms with Crippen LogP contribution in [0.15, 0.2) is 4.99 Å². The first-order valence-corrected chi connectivity index (χ1v) is 11.2. The van der Waals surface area contributed by atoms with E-state index >= 15 is 0 Å². The van der Waals surface area contributed by atoms with E-state index in [9.17, 15) is 8.42 Å². The molecule has 1 aliphatic heterocycles. The molecule has 1 rings (SSSR count). The zero-order valence-corrected chi connectivity index (χ0v) is 20.4. The van der Waals surface area contributed by atoms with Crippen LogP contribution in [0, 0.1) is 0 Å². The van der Waals surface area contributed by atoms with Gasteiger partial charge in [-0.05, 0) is 40.0 Å². The minimum atomic E-state index is -3.27. The molecule has 27 heavy (non-hydrogen) atoms. The number of methoxy groups -OCH3 is 1. The van der Waals surface area contributed by atoms with Crippen LogP contribution in [0.25, 0.3) is 0 Å². The topological polar surface area (TPSA) is 92.3 Å². The molecular formula is C17H37IN4O4S. The summed E-state index contributed by atoms with van der Waals surface area (Å²) in [5.41, 5.74) is -0.628. The van der Waals surface area contributed by atoms with E-state index < -0.39 is 15.6 Å². The van der Waals surface area contributed by atoms with Crippen LogP contribution in [0.3, 0.4) is 0 Å². The van der Waals surface area contributed by atoms with Gasteiger partial charge in [-0.15, -0.1) is 24.0 Å². The summed E-state index contributed by atoms with van der Waals surface area (Å²) in [7, 11) is -1.56. The number of likely N-dealkylation sites (tertiary alicyclic amines) is 1. The fourth-order valence-corrected chi connectivity index (χ4v) is 3.99. The Kier molecular flexibility index (Phi) is 13.0. The average molecular weight is 520 g/mol. The van der Waals surface area contributed by atoms with Crippen molar-refractivity contribution in [1.82, 2.24) is 14.9 Å². The Morgan fingerprint density at radius 3 is 2.41 bits per heavy atom. The number of rotatable bonds is 10. The lowest BCUT2D eigenvalue weighted by Gasteiger charge is -2.34. The van der Waals surface area contributed by atoms with E-state index in [1.54, 1.807) is 7.11 Å². The number of sulfonamides is 1. The Labute approximate surface area is 181 Å². The summed E-state index contributed by atoms with van der Waals surface area (Å²) < 4.78 is 36.5. The van der Waals surface area contributed by atoms with E-state index in [0.29, 0.717) is 6.54 Å². The van der Waals surface area contributed by atoms with Gasteiger partial charge in [0.2, 0.25) is 10.0 Å². The summed E-state index contributed by atoms with van der Waals surface area (Å²) in [5, 5.41) is 3.30. The van der Waals surface area contributed by atoms with Gasteiger partial charge in [-0.25, -0.2) is 13.1 Å². The molecule has 1 heterocycles. The lowest BCUT2D eigenvalue weighted by Crippen LogP contribution is -2.49.